The lowest BCUT2D eigenvalue weighted by atomic mass is 10.2. The van der Waals surface area contributed by atoms with Crippen LogP contribution >= 0.6 is 11.6 Å². The lowest BCUT2D eigenvalue weighted by Gasteiger charge is -2.01. The van der Waals surface area contributed by atoms with E-state index in [1.165, 1.54) is 0 Å². The molecule has 1 N–H and O–H groups in total. The summed E-state index contributed by atoms with van der Waals surface area (Å²) in [6.07, 6.45) is -5.00. The van der Waals surface area contributed by atoms with Crippen molar-refractivity contribution in [1.29, 1.82) is 0 Å². The van der Waals surface area contributed by atoms with Gasteiger partial charge in [0.2, 0.25) is 11.7 Å². The molecule has 106 valence electrons. The highest BCUT2D eigenvalue weighted by Crippen LogP contribution is 2.36. The molecule has 0 unspecified atom stereocenters. The highest BCUT2D eigenvalue weighted by atomic mass is 35.5. The Morgan fingerprint density at radius 2 is 2.00 bits per heavy atom. The summed E-state index contributed by atoms with van der Waals surface area (Å²) in [6, 6.07) is 2.81. The lowest BCUT2D eigenvalue weighted by molar-refractivity contribution is -0.141. The average Bonchev–Trinajstić information content (AvgIpc) is 2.73. The molecule has 4 nitrogen and oxygen atoms in total. The van der Waals surface area contributed by atoms with Crippen LogP contribution < -0.4 is 0 Å². The molecule has 1 heterocycles. The largest absolute Gasteiger partial charge is 0.475 e. The molecule has 0 atom stereocenters. The van der Waals surface area contributed by atoms with Crippen molar-refractivity contribution in [3.63, 3.8) is 0 Å². The summed E-state index contributed by atoms with van der Waals surface area (Å²) in [5.74, 6) is -4.64. The van der Waals surface area contributed by atoms with Gasteiger partial charge in [-0.2, -0.15) is 13.2 Å². The van der Waals surface area contributed by atoms with Crippen LogP contribution in [0.25, 0.3) is 11.5 Å². The van der Waals surface area contributed by atoms with Crippen LogP contribution in [-0.4, -0.2) is 16.1 Å². The first-order valence-corrected chi connectivity index (χ1v) is 5.34. The summed E-state index contributed by atoms with van der Waals surface area (Å²) >= 11 is 5.65. The summed E-state index contributed by atoms with van der Waals surface area (Å²) in [5.41, 5.74) is -1.83. The zero-order chi connectivity index (χ0) is 15.1. The van der Waals surface area contributed by atoms with Crippen LogP contribution in [0, 0.1) is 5.82 Å². The van der Waals surface area contributed by atoms with Crippen molar-refractivity contribution < 1.29 is 31.9 Å². The summed E-state index contributed by atoms with van der Waals surface area (Å²) < 4.78 is 55.3. The van der Waals surface area contributed by atoms with Crippen LogP contribution in [0.1, 0.15) is 16.2 Å². The molecule has 0 aliphatic rings. The molecule has 0 aliphatic carbocycles. The number of nitrogens with zero attached hydrogens (tertiary/aromatic N) is 1. The van der Waals surface area contributed by atoms with E-state index in [-0.39, 0.29) is 10.6 Å². The number of oxazole rings is 1. The maximum Gasteiger partial charge on any atom is 0.437 e. The predicted molar refractivity (Wildman–Crippen MR) is 58.9 cm³/mol. The number of hydrogen-bond acceptors (Lipinski definition) is 3. The Kier molecular flexibility index (Phi) is 3.43. The molecule has 0 radical (unpaired) electrons. The smallest absolute Gasteiger partial charge is 0.437 e. The number of aromatic nitrogens is 1. The van der Waals surface area contributed by atoms with Crippen molar-refractivity contribution in [1.82, 2.24) is 4.98 Å². The van der Waals surface area contributed by atoms with Crippen LogP contribution in [0.4, 0.5) is 17.6 Å². The highest BCUT2D eigenvalue weighted by Gasteiger charge is 2.41. The van der Waals surface area contributed by atoms with Crippen molar-refractivity contribution in [2.75, 3.05) is 0 Å². The second-order valence-electron chi connectivity index (χ2n) is 3.62. The van der Waals surface area contributed by atoms with Gasteiger partial charge in [-0.15, -0.1) is 0 Å². The molecule has 0 amide bonds. The van der Waals surface area contributed by atoms with Crippen molar-refractivity contribution in [2.45, 2.75) is 6.18 Å². The van der Waals surface area contributed by atoms with Crippen LogP contribution in [0.3, 0.4) is 0 Å². The summed E-state index contributed by atoms with van der Waals surface area (Å²) in [6.45, 7) is 0. The van der Waals surface area contributed by atoms with Gasteiger partial charge in [-0.1, -0.05) is 11.6 Å². The van der Waals surface area contributed by atoms with Crippen LogP contribution in [-0.2, 0) is 6.18 Å². The van der Waals surface area contributed by atoms with Gasteiger partial charge in [-0.05, 0) is 18.2 Å². The summed E-state index contributed by atoms with van der Waals surface area (Å²) in [7, 11) is 0. The monoisotopic (exact) mass is 309 g/mol. The van der Waals surface area contributed by atoms with Gasteiger partial charge in [0.1, 0.15) is 5.82 Å². The molecule has 0 saturated carbocycles. The fourth-order valence-electron chi connectivity index (χ4n) is 1.44. The van der Waals surface area contributed by atoms with Gasteiger partial charge in [-0.3, -0.25) is 0 Å². The molecule has 2 rings (SSSR count). The van der Waals surface area contributed by atoms with Crippen LogP contribution in [0.2, 0.25) is 5.02 Å². The minimum absolute atomic E-state index is 0.147. The van der Waals surface area contributed by atoms with Gasteiger partial charge in [0.05, 0.1) is 10.6 Å². The van der Waals surface area contributed by atoms with E-state index >= 15 is 0 Å². The van der Waals surface area contributed by atoms with E-state index in [9.17, 15) is 22.4 Å². The molecule has 0 aliphatic heterocycles. The van der Waals surface area contributed by atoms with E-state index in [1.807, 2.05) is 0 Å². The fourth-order valence-corrected chi connectivity index (χ4v) is 1.68. The van der Waals surface area contributed by atoms with Crippen molar-refractivity contribution in [2.24, 2.45) is 0 Å². The zero-order valence-corrected chi connectivity index (χ0v) is 10.1. The second-order valence-corrected chi connectivity index (χ2v) is 4.03. The molecular weight excluding hydrogens is 306 g/mol. The highest BCUT2D eigenvalue weighted by molar-refractivity contribution is 6.33. The van der Waals surface area contributed by atoms with E-state index in [2.05, 4.69) is 9.40 Å². The third-order valence-electron chi connectivity index (χ3n) is 2.25. The molecule has 0 saturated heterocycles. The van der Waals surface area contributed by atoms with Gasteiger partial charge < -0.3 is 9.52 Å². The normalized spacial score (nSPS) is 11.7. The van der Waals surface area contributed by atoms with Crippen LogP contribution in [0.5, 0.6) is 0 Å². The minimum Gasteiger partial charge on any atom is -0.475 e. The van der Waals surface area contributed by atoms with Crippen LogP contribution in [0.15, 0.2) is 22.6 Å². The topological polar surface area (TPSA) is 63.3 Å². The Morgan fingerprint density at radius 3 is 2.45 bits per heavy atom. The first-order valence-electron chi connectivity index (χ1n) is 4.97. The fraction of sp³-hybridized carbons (Fsp3) is 0.0909. The Hall–Kier alpha value is -2.09. The average molecular weight is 310 g/mol. The van der Waals surface area contributed by atoms with Crippen molar-refractivity contribution in [3.8, 4) is 11.5 Å². The van der Waals surface area contributed by atoms with E-state index in [1.54, 1.807) is 0 Å². The van der Waals surface area contributed by atoms with E-state index in [0.29, 0.717) is 0 Å². The Labute approximate surface area is 113 Å². The SMILES string of the molecule is O=C(O)c1oc(-c2ccc(F)cc2Cl)nc1C(F)(F)F. The first kappa shape index (κ1) is 14.3. The van der Waals surface area contributed by atoms with Gasteiger partial charge in [0.25, 0.3) is 0 Å². The molecule has 0 bridgehead atoms. The third-order valence-corrected chi connectivity index (χ3v) is 2.56. The quantitative estimate of drug-likeness (QED) is 0.856. The Morgan fingerprint density at radius 1 is 1.35 bits per heavy atom. The number of hydrogen-bond donors (Lipinski definition) is 1. The number of aromatic carboxylic acids is 1. The van der Waals surface area contributed by atoms with Gasteiger partial charge in [0, 0.05) is 0 Å². The molecule has 0 fully saturated rings. The predicted octanol–water partition coefficient (Wildman–Crippen LogP) is 3.85. The Bertz CT molecular complexity index is 681. The minimum atomic E-state index is -5.00. The van der Waals surface area contributed by atoms with Gasteiger partial charge >= 0.3 is 12.1 Å². The molecule has 0 spiro atoms. The zero-order valence-electron chi connectivity index (χ0n) is 9.33. The number of carboxylic acid groups (broad SMARTS) is 1. The summed E-state index contributed by atoms with van der Waals surface area (Å²) in [5, 5.41) is 8.42. The summed E-state index contributed by atoms with van der Waals surface area (Å²) in [4.78, 5) is 13.8. The maximum atomic E-state index is 12.9. The molecule has 20 heavy (non-hydrogen) atoms. The molecule has 1 aromatic heterocycles. The van der Waals surface area contributed by atoms with E-state index in [0.717, 1.165) is 18.2 Å². The van der Waals surface area contributed by atoms with E-state index < -0.39 is 35.3 Å². The number of benzene rings is 1. The van der Waals surface area contributed by atoms with Crippen molar-refractivity contribution in [3.05, 3.63) is 40.5 Å². The number of halogens is 5. The Balaban J connectivity index is 2.62. The van der Waals surface area contributed by atoms with Gasteiger partial charge in [0.15, 0.2) is 5.69 Å². The van der Waals surface area contributed by atoms with Crippen molar-refractivity contribution >= 4 is 17.6 Å². The van der Waals surface area contributed by atoms with E-state index in [4.69, 9.17) is 16.7 Å². The number of rotatable bonds is 2. The lowest BCUT2D eigenvalue weighted by Crippen LogP contribution is -2.11. The standard InChI is InChI=1S/C11H4ClF4NO3/c12-6-3-4(13)1-2-5(6)9-17-8(11(14,15)16)7(20-9)10(18)19/h1-3H,(H,18,19). The van der Waals surface area contributed by atoms with Gasteiger partial charge in [-0.25, -0.2) is 14.2 Å². The molecule has 2 aromatic rings. The maximum absolute atomic E-state index is 12.9. The third kappa shape index (κ3) is 2.60. The number of carboxylic acids is 1. The number of carbonyl (C=O) groups is 1. The number of alkyl halides is 3. The molecular formula is C11H4ClF4NO3. The first-order chi connectivity index (χ1) is 9.20. The molecule has 9 heteroatoms. The second kappa shape index (κ2) is 4.78. The molecule has 1 aromatic carbocycles.